The molecule has 0 N–H and O–H groups in total. The third-order valence-electron chi connectivity index (χ3n) is 1.09. The van der Waals surface area contributed by atoms with Crippen LogP contribution < -0.4 is 5.56 Å². The topological polar surface area (TPSA) is 22.0 Å². The van der Waals surface area contributed by atoms with Crippen molar-refractivity contribution in [1.82, 2.24) is 2.78 Å². The van der Waals surface area contributed by atoms with E-state index in [1.807, 2.05) is 28.9 Å². The Morgan fingerprint density at radius 2 is 2.33 bits per heavy atom. The van der Waals surface area contributed by atoms with Crippen LogP contribution in [0.4, 0.5) is 0 Å². The smallest absolute Gasteiger partial charge is 0.262 e. The summed E-state index contributed by atoms with van der Waals surface area (Å²) in [7, 11) is 0. The highest BCUT2D eigenvalue weighted by Gasteiger charge is 1.91. The van der Waals surface area contributed by atoms with E-state index in [1.54, 1.807) is 19.2 Å². The summed E-state index contributed by atoms with van der Waals surface area (Å²) < 4.78 is 1.53. The van der Waals surface area contributed by atoms with Gasteiger partial charge in [0.05, 0.1) is 22.9 Å². The van der Waals surface area contributed by atoms with Crippen LogP contribution in [0, 0.1) is 6.92 Å². The highest BCUT2D eigenvalue weighted by molar-refractivity contribution is 14.1. The summed E-state index contributed by atoms with van der Waals surface area (Å²) in [6.07, 6.45) is 1.73. The summed E-state index contributed by atoms with van der Waals surface area (Å²) in [5.41, 5.74) is 0.852. The first-order valence-corrected chi connectivity index (χ1v) is 3.53. The average molecular weight is 235 g/mol. The van der Waals surface area contributed by atoms with E-state index < -0.39 is 0 Å². The van der Waals surface area contributed by atoms with E-state index >= 15 is 0 Å². The molecule has 0 bridgehead atoms. The van der Waals surface area contributed by atoms with Crippen molar-refractivity contribution in [2.45, 2.75) is 6.92 Å². The number of aromatic nitrogens is 1. The maximum Gasteiger partial charge on any atom is 0.262 e. The van der Waals surface area contributed by atoms with Gasteiger partial charge in [-0.25, -0.2) is 0 Å². The first-order chi connectivity index (χ1) is 4.22. The zero-order valence-corrected chi connectivity index (χ0v) is 7.12. The second-order valence-electron chi connectivity index (χ2n) is 1.81. The van der Waals surface area contributed by atoms with Gasteiger partial charge >= 0.3 is 0 Å². The molecule has 0 radical (unpaired) electrons. The van der Waals surface area contributed by atoms with Gasteiger partial charge in [-0.1, -0.05) is 6.07 Å². The van der Waals surface area contributed by atoms with Gasteiger partial charge < -0.3 is 0 Å². The summed E-state index contributed by atoms with van der Waals surface area (Å²) in [6.45, 7) is 1.80. The third kappa shape index (κ3) is 1.32. The van der Waals surface area contributed by atoms with E-state index in [2.05, 4.69) is 0 Å². The Balaban J connectivity index is 3.43. The molecule has 1 rings (SSSR count). The molecule has 0 fully saturated rings. The fourth-order valence-corrected chi connectivity index (χ4v) is 1.14. The summed E-state index contributed by atoms with van der Waals surface area (Å²) in [6, 6.07) is 3.65. The lowest BCUT2D eigenvalue weighted by Crippen LogP contribution is -2.12. The number of aryl methyl sites for hydroxylation is 1. The molecule has 1 aromatic heterocycles. The molecule has 0 spiro atoms. The van der Waals surface area contributed by atoms with E-state index in [4.69, 9.17) is 0 Å². The van der Waals surface area contributed by atoms with Crippen LogP contribution >= 0.6 is 22.9 Å². The zero-order valence-electron chi connectivity index (χ0n) is 4.97. The Morgan fingerprint density at radius 3 is 2.78 bits per heavy atom. The minimum Gasteiger partial charge on any atom is -0.268 e. The molecular formula is C6H6INO. The minimum atomic E-state index is 0.0677. The van der Waals surface area contributed by atoms with E-state index in [1.165, 1.54) is 2.78 Å². The molecule has 0 aliphatic heterocycles. The van der Waals surface area contributed by atoms with Crippen molar-refractivity contribution in [2.24, 2.45) is 0 Å². The maximum absolute atomic E-state index is 10.9. The van der Waals surface area contributed by atoms with Crippen LogP contribution in [-0.4, -0.2) is 2.78 Å². The van der Waals surface area contributed by atoms with Crippen LogP contribution in [0.2, 0.25) is 0 Å². The van der Waals surface area contributed by atoms with Gasteiger partial charge in [-0.15, -0.1) is 0 Å². The first kappa shape index (κ1) is 6.80. The van der Waals surface area contributed by atoms with Crippen LogP contribution in [0.3, 0.4) is 0 Å². The monoisotopic (exact) mass is 235 g/mol. The Bertz CT molecular complexity index is 243. The van der Waals surface area contributed by atoms with Crippen molar-refractivity contribution in [2.75, 3.05) is 0 Å². The molecule has 0 amide bonds. The first-order valence-electron chi connectivity index (χ1n) is 2.56. The summed E-state index contributed by atoms with van der Waals surface area (Å²) in [5.74, 6) is 0. The molecule has 0 aliphatic rings. The molecule has 2 nitrogen and oxygen atoms in total. The lowest BCUT2D eigenvalue weighted by Gasteiger charge is -1.92. The summed E-state index contributed by atoms with van der Waals surface area (Å²) >= 11 is 1.95. The lowest BCUT2D eigenvalue weighted by molar-refractivity contribution is 1.15. The van der Waals surface area contributed by atoms with E-state index in [-0.39, 0.29) is 5.56 Å². The predicted molar refractivity (Wildman–Crippen MR) is 44.9 cm³/mol. The molecule has 3 heteroatoms. The summed E-state index contributed by atoms with van der Waals surface area (Å²) in [4.78, 5) is 10.9. The fraction of sp³-hybridized carbons (Fsp3) is 0.167. The Hall–Kier alpha value is -0.320. The van der Waals surface area contributed by atoms with Crippen molar-refractivity contribution in [3.05, 3.63) is 34.2 Å². The molecule has 0 aromatic carbocycles. The Morgan fingerprint density at radius 1 is 1.67 bits per heavy atom. The van der Waals surface area contributed by atoms with Gasteiger partial charge in [0.25, 0.3) is 5.56 Å². The number of pyridine rings is 1. The number of hydrogen-bond acceptors (Lipinski definition) is 1. The molecule has 0 unspecified atom stereocenters. The second-order valence-corrected chi connectivity index (χ2v) is 2.85. The predicted octanol–water partition coefficient (Wildman–Crippen LogP) is 1.35. The molecular weight excluding hydrogens is 229 g/mol. The van der Waals surface area contributed by atoms with Gasteiger partial charge in [-0.3, -0.25) is 7.58 Å². The molecule has 0 atom stereocenters. The largest absolute Gasteiger partial charge is 0.268 e. The fourth-order valence-electron chi connectivity index (χ4n) is 0.570. The van der Waals surface area contributed by atoms with Crippen molar-refractivity contribution in [3.63, 3.8) is 0 Å². The van der Waals surface area contributed by atoms with Gasteiger partial charge in [-0.05, 0) is 13.0 Å². The lowest BCUT2D eigenvalue weighted by atomic mass is 10.3. The standard InChI is InChI=1S/C6H6INO/c1-5-3-2-4-8(7)6(5)9/h2-4H,1H3. The van der Waals surface area contributed by atoms with Gasteiger partial charge in [-0.2, -0.15) is 0 Å². The number of nitrogens with zero attached hydrogens (tertiary/aromatic N) is 1. The highest BCUT2D eigenvalue weighted by Crippen LogP contribution is 1.91. The van der Waals surface area contributed by atoms with Gasteiger partial charge in [0.1, 0.15) is 0 Å². The van der Waals surface area contributed by atoms with Crippen LogP contribution in [0.15, 0.2) is 23.1 Å². The van der Waals surface area contributed by atoms with Crippen molar-refractivity contribution in [1.29, 1.82) is 0 Å². The van der Waals surface area contributed by atoms with E-state index in [9.17, 15) is 4.79 Å². The van der Waals surface area contributed by atoms with Gasteiger partial charge in [0.2, 0.25) is 0 Å². The SMILES string of the molecule is Cc1cccn(I)c1=O. The van der Waals surface area contributed by atoms with Crippen LogP contribution in [0.1, 0.15) is 5.56 Å². The second kappa shape index (κ2) is 2.51. The third-order valence-corrected chi connectivity index (χ3v) is 1.85. The van der Waals surface area contributed by atoms with E-state index in [0.29, 0.717) is 0 Å². The maximum atomic E-state index is 10.9. The molecule has 1 heterocycles. The quantitative estimate of drug-likeness (QED) is 0.622. The minimum absolute atomic E-state index is 0.0677. The van der Waals surface area contributed by atoms with Crippen molar-refractivity contribution < 1.29 is 0 Å². The van der Waals surface area contributed by atoms with Crippen molar-refractivity contribution >= 4 is 22.9 Å². The molecule has 0 saturated carbocycles. The van der Waals surface area contributed by atoms with Gasteiger partial charge in [0, 0.05) is 11.8 Å². The Labute approximate surface area is 67.0 Å². The molecule has 1 aromatic rings. The van der Waals surface area contributed by atoms with Crippen LogP contribution in [-0.2, 0) is 0 Å². The number of halogens is 1. The molecule has 48 valence electrons. The Kier molecular flexibility index (Phi) is 1.90. The number of hydrogen-bond donors (Lipinski definition) is 0. The normalized spacial score (nSPS) is 9.56. The van der Waals surface area contributed by atoms with Crippen LogP contribution in [0.5, 0.6) is 0 Å². The highest BCUT2D eigenvalue weighted by atomic mass is 127. The molecule has 0 saturated heterocycles. The van der Waals surface area contributed by atoms with Crippen molar-refractivity contribution in [3.8, 4) is 0 Å². The van der Waals surface area contributed by atoms with E-state index in [0.717, 1.165) is 5.56 Å². The zero-order chi connectivity index (χ0) is 6.85. The average Bonchev–Trinajstić information content (AvgIpc) is 1.83. The van der Waals surface area contributed by atoms with Crippen LogP contribution in [0.25, 0.3) is 0 Å². The molecule has 9 heavy (non-hydrogen) atoms. The number of rotatable bonds is 0. The summed E-state index contributed by atoms with van der Waals surface area (Å²) in [5, 5.41) is 0. The molecule has 0 aliphatic carbocycles. The van der Waals surface area contributed by atoms with Gasteiger partial charge in [0.15, 0.2) is 0 Å².